The second-order valence-electron chi connectivity index (χ2n) is 9.55. The van der Waals surface area contributed by atoms with E-state index in [9.17, 15) is 38.7 Å². The van der Waals surface area contributed by atoms with Gasteiger partial charge in [-0.25, -0.2) is 14.6 Å². The van der Waals surface area contributed by atoms with Crippen LogP contribution in [0.4, 0.5) is 4.79 Å². The molecular formula is C26H32N4O10. The third-order valence-corrected chi connectivity index (χ3v) is 6.76. The zero-order chi connectivity index (χ0) is 29.6. The van der Waals surface area contributed by atoms with Crippen LogP contribution in [0.2, 0.25) is 0 Å². The van der Waals surface area contributed by atoms with Crippen molar-refractivity contribution in [1.29, 1.82) is 0 Å². The summed E-state index contributed by atoms with van der Waals surface area (Å²) in [5.41, 5.74) is 1.54. The highest BCUT2D eigenvalue weighted by Crippen LogP contribution is 2.25. The number of ketones is 1. The SMILES string of the molecule is COC(=O)N[C@H]1CCC(=O)N2CCC[C@@H](C(=O)N[C@@H](CC(=O)O)C(=O)COC(=O)c3c(C)cccc3C)N2C1=O. The van der Waals surface area contributed by atoms with Crippen LogP contribution in [0.1, 0.15) is 53.6 Å². The molecule has 0 radical (unpaired) electrons. The fraction of sp³-hybridized carbons (Fsp3) is 0.500. The molecule has 4 amide bonds. The molecule has 216 valence electrons. The first kappa shape index (κ1) is 30.1. The van der Waals surface area contributed by atoms with Crippen LogP contribution in [0.5, 0.6) is 0 Å². The van der Waals surface area contributed by atoms with Gasteiger partial charge < -0.3 is 25.2 Å². The van der Waals surface area contributed by atoms with Crippen LogP contribution >= 0.6 is 0 Å². The summed E-state index contributed by atoms with van der Waals surface area (Å²) in [5, 5.41) is 16.2. The van der Waals surface area contributed by atoms with Crippen LogP contribution in [0.3, 0.4) is 0 Å². The van der Waals surface area contributed by atoms with Crippen LogP contribution in [0, 0.1) is 13.8 Å². The average molecular weight is 561 g/mol. The standard InChI is InChI=1S/C26H32N4O10/c1-14-6-4-7-15(2)22(14)25(37)40-13-19(31)17(12-21(33)34)27-23(35)18-8-5-11-29-20(32)10-9-16(24(36)30(18)29)28-26(38)39-3/h4,6-7,16-18H,5,8-13H2,1-3H3,(H,27,35)(H,28,38)(H,33,34)/t16-,17-,18-/m0/s1. The summed E-state index contributed by atoms with van der Waals surface area (Å²) in [5.74, 6) is -5.06. The van der Waals surface area contributed by atoms with Gasteiger partial charge in [-0.15, -0.1) is 0 Å². The number of nitrogens with zero attached hydrogens (tertiary/aromatic N) is 2. The van der Waals surface area contributed by atoms with Crippen molar-refractivity contribution < 1.29 is 48.1 Å². The van der Waals surface area contributed by atoms with Crippen molar-refractivity contribution in [3.05, 3.63) is 34.9 Å². The van der Waals surface area contributed by atoms with Crippen LogP contribution in [0.25, 0.3) is 0 Å². The second kappa shape index (κ2) is 13.0. The second-order valence-corrected chi connectivity index (χ2v) is 9.55. The van der Waals surface area contributed by atoms with Crippen molar-refractivity contribution in [2.45, 2.75) is 64.1 Å². The topological polar surface area (TPSA) is 189 Å². The maximum Gasteiger partial charge on any atom is 0.407 e. The zero-order valence-electron chi connectivity index (χ0n) is 22.4. The summed E-state index contributed by atoms with van der Waals surface area (Å²) >= 11 is 0. The van der Waals surface area contributed by atoms with E-state index in [4.69, 9.17) is 4.74 Å². The number of hydrogen-bond acceptors (Lipinski definition) is 9. The number of carboxylic acid groups (broad SMARTS) is 1. The first-order valence-electron chi connectivity index (χ1n) is 12.7. The number of esters is 1. The van der Waals surface area contributed by atoms with E-state index < -0.39 is 72.7 Å². The summed E-state index contributed by atoms with van der Waals surface area (Å²) in [6, 6.07) is 1.18. The van der Waals surface area contributed by atoms with Crippen LogP contribution in [0.15, 0.2) is 18.2 Å². The highest BCUT2D eigenvalue weighted by molar-refractivity contribution is 5.99. The molecule has 3 rings (SSSR count). The highest BCUT2D eigenvalue weighted by Gasteiger charge is 2.45. The lowest BCUT2D eigenvalue weighted by atomic mass is 10.0. The number of ether oxygens (including phenoxy) is 2. The van der Waals surface area contributed by atoms with Gasteiger partial charge in [-0.05, 0) is 44.2 Å². The molecule has 2 heterocycles. The number of rotatable bonds is 9. The Bertz CT molecular complexity index is 1200. The van der Waals surface area contributed by atoms with Gasteiger partial charge in [0.05, 0.1) is 19.1 Å². The molecule has 0 aliphatic carbocycles. The molecule has 3 atom stereocenters. The number of aliphatic carboxylic acids is 1. The van der Waals surface area contributed by atoms with E-state index in [0.717, 1.165) is 17.1 Å². The smallest absolute Gasteiger partial charge is 0.407 e. The minimum absolute atomic E-state index is 0.0139. The lowest BCUT2D eigenvalue weighted by Crippen LogP contribution is -2.64. The van der Waals surface area contributed by atoms with E-state index in [1.54, 1.807) is 32.0 Å². The Labute approximate surface area is 229 Å². The largest absolute Gasteiger partial charge is 0.481 e. The van der Waals surface area contributed by atoms with E-state index in [1.165, 1.54) is 0 Å². The zero-order valence-corrected chi connectivity index (χ0v) is 22.4. The molecule has 1 aromatic carbocycles. The average Bonchev–Trinajstić information content (AvgIpc) is 3.02. The molecule has 40 heavy (non-hydrogen) atoms. The van der Waals surface area contributed by atoms with Gasteiger partial charge in [0.25, 0.3) is 5.91 Å². The predicted molar refractivity (Wildman–Crippen MR) is 136 cm³/mol. The molecule has 2 fully saturated rings. The Morgan fingerprint density at radius 2 is 1.77 bits per heavy atom. The van der Waals surface area contributed by atoms with Gasteiger partial charge >= 0.3 is 18.0 Å². The first-order chi connectivity index (χ1) is 18.9. The summed E-state index contributed by atoms with van der Waals surface area (Å²) < 4.78 is 9.68. The highest BCUT2D eigenvalue weighted by atomic mass is 16.5. The first-order valence-corrected chi connectivity index (χ1v) is 12.7. The molecule has 0 bridgehead atoms. The number of hydrazine groups is 1. The van der Waals surface area contributed by atoms with Gasteiger partial charge in [0.2, 0.25) is 11.8 Å². The van der Waals surface area contributed by atoms with Gasteiger partial charge in [-0.3, -0.25) is 29.0 Å². The van der Waals surface area contributed by atoms with Crippen molar-refractivity contribution in [3.8, 4) is 0 Å². The predicted octanol–water partition coefficient (Wildman–Crippen LogP) is 0.242. The number of carbonyl (C=O) groups excluding carboxylic acids is 6. The maximum atomic E-state index is 13.3. The minimum atomic E-state index is -1.58. The number of fused-ring (bicyclic) bond motifs is 1. The number of hydrogen-bond donors (Lipinski definition) is 3. The Kier molecular flexibility index (Phi) is 9.80. The lowest BCUT2D eigenvalue weighted by Gasteiger charge is -2.43. The lowest BCUT2D eigenvalue weighted by molar-refractivity contribution is -0.176. The van der Waals surface area contributed by atoms with Crippen molar-refractivity contribution in [2.24, 2.45) is 0 Å². The summed E-state index contributed by atoms with van der Waals surface area (Å²) in [6.45, 7) is 2.76. The Balaban J connectivity index is 1.76. The number of nitrogens with one attached hydrogen (secondary N) is 2. The van der Waals surface area contributed by atoms with Crippen molar-refractivity contribution in [3.63, 3.8) is 0 Å². The van der Waals surface area contributed by atoms with Crippen LogP contribution in [-0.2, 0) is 33.4 Å². The quantitative estimate of drug-likeness (QED) is 0.353. The van der Waals surface area contributed by atoms with E-state index >= 15 is 0 Å². The monoisotopic (exact) mass is 560 g/mol. The van der Waals surface area contributed by atoms with Crippen molar-refractivity contribution >= 4 is 41.5 Å². The van der Waals surface area contributed by atoms with E-state index in [0.29, 0.717) is 17.5 Å². The molecule has 2 aliphatic rings. The molecule has 14 nitrogen and oxygen atoms in total. The summed E-state index contributed by atoms with van der Waals surface area (Å²) in [4.78, 5) is 88.1. The Hall–Kier alpha value is -4.49. The third-order valence-electron chi connectivity index (χ3n) is 6.76. The number of carboxylic acids is 1. The van der Waals surface area contributed by atoms with Gasteiger partial charge in [0, 0.05) is 13.0 Å². The van der Waals surface area contributed by atoms with E-state index in [-0.39, 0.29) is 31.4 Å². The van der Waals surface area contributed by atoms with Crippen LogP contribution < -0.4 is 10.6 Å². The summed E-state index contributed by atoms with van der Waals surface area (Å²) in [7, 11) is 1.12. The molecule has 1 aromatic rings. The molecule has 0 unspecified atom stereocenters. The van der Waals surface area contributed by atoms with Crippen molar-refractivity contribution in [2.75, 3.05) is 20.3 Å². The van der Waals surface area contributed by atoms with Gasteiger partial charge in [0.1, 0.15) is 18.1 Å². The number of methoxy groups -OCH3 is 1. The molecule has 2 saturated heterocycles. The molecule has 0 spiro atoms. The summed E-state index contributed by atoms with van der Waals surface area (Å²) in [6.07, 6.45) is -1.31. The van der Waals surface area contributed by atoms with Crippen LogP contribution in [-0.4, -0.2) is 95.0 Å². The number of carbonyl (C=O) groups is 7. The Morgan fingerprint density at radius 3 is 2.40 bits per heavy atom. The van der Waals surface area contributed by atoms with Crippen molar-refractivity contribution in [1.82, 2.24) is 20.7 Å². The van der Waals surface area contributed by atoms with E-state index in [2.05, 4.69) is 15.4 Å². The molecule has 2 aliphatic heterocycles. The fourth-order valence-corrected chi connectivity index (χ4v) is 4.74. The minimum Gasteiger partial charge on any atom is -0.481 e. The maximum absolute atomic E-state index is 13.3. The number of amides is 4. The Morgan fingerprint density at radius 1 is 1.10 bits per heavy atom. The van der Waals surface area contributed by atoms with E-state index in [1.807, 2.05) is 0 Å². The molecule has 0 aromatic heterocycles. The molecule has 3 N–H and O–H groups in total. The number of Topliss-reactive ketones (excluding diaryl/α,β-unsaturated/α-hetero) is 1. The fourth-order valence-electron chi connectivity index (χ4n) is 4.74. The third kappa shape index (κ3) is 6.93. The van der Waals surface area contributed by atoms with Gasteiger partial charge in [-0.2, -0.15) is 0 Å². The number of aryl methyl sites for hydroxylation is 2. The molecular weight excluding hydrogens is 528 g/mol. The van der Waals surface area contributed by atoms with Gasteiger partial charge in [0.15, 0.2) is 12.4 Å². The number of benzene rings is 1. The molecule has 0 saturated carbocycles. The number of alkyl carbamates (subject to hydrolysis) is 1. The normalized spacial score (nSPS) is 19.6. The molecule has 14 heteroatoms. The van der Waals surface area contributed by atoms with Gasteiger partial charge in [-0.1, -0.05) is 18.2 Å².